The van der Waals surface area contributed by atoms with Gasteiger partial charge in [-0.25, -0.2) is 9.55 Å². The molecule has 0 bridgehead atoms. The van der Waals surface area contributed by atoms with Gasteiger partial charge in [-0.05, 0) is 30.9 Å². The number of hydrogen-bond acceptors (Lipinski definition) is 4. The monoisotopic (exact) mass is 275 g/mol. The van der Waals surface area contributed by atoms with Crippen LogP contribution in [-0.4, -0.2) is 27.7 Å². The zero-order valence-electron chi connectivity index (χ0n) is 11.6. The van der Waals surface area contributed by atoms with Crippen LogP contribution >= 0.6 is 0 Å². The zero-order chi connectivity index (χ0) is 14.5. The molecule has 0 N–H and O–H groups in total. The minimum Gasteiger partial charge on any atom is -0.378 e. The molecule has 0 unspecified atom stereocenters. The highest BCUT2D eigenvalue weighted by molar-refractivity contribution is 5.58. The third-order valence-corrected chi connectivity index (χ3v) is 2.99. The lowest BCUT2D eigenvalue weighted by atomic mass is 10.1. The predicted molar refractivity (Wildman–Crippen MR) is 75.5 cm³/mol. The molecule has 20 heavy (non-hydrogen) atoms. The molecule has 6 nitrogen and oxygen atoms in total. The average Bonchev–Trinajstić information content (AvgIpc) is 2.84. The van der Waals surface area contributed by atoms with E-state index in [-0.39, 0.29) is 5.82 Å². The first-order valence-corrected chi connectivity index (χ1v) is 6.48. The van der Waals surface area contributed by atoms with E-state index in [1.165, 1.54) is 6.20 Å². The van der Waals surface area contributed by atoms with Crippen molar-refractivity contribution in [2.45, 2.75) is 20.4 Å². The van der Waals surface area contributed by atoms with Gasteiger partial charge in [-0.2, -0.15) is 0 Å². The van der Waals surface area contributed by atoms with Crippen molar-refractivity contribution in [3.8, 4) is 11.4 Å². The number of nitro groups is 1. The number of aromatic nitrogens is 2. The molecule has 106 valence electrons. The lowest BCUT2D eigenvalue weighted by Gasteiger charge is -2.05. The highest BCUT2D eigenvalue weighted by Crippen LogP contribution is 2.24. The summed E-state index contributed by atoms with van der Waals surface area (Å²) in [7, 11) is 0. The Morgan fingerprint density at radius 3 is 2.65 bits per heavy atom. The van der Waals surface area contributed by atoms with E-state index in [9.17, 15) is 10.1 Å². The van der Waals surface area contributed by atoms with Crippen molar-refractivity contribution in [3.05, 3.63) is 46.1 Å². The third-order valence-electron chi connectivity index (χ3n) is 2.99. The van der Waals surface area contributed by atoms with Gasteiger partial charge in [0, 0.05) is 12.2 Å². The Labute approximate surface area is 117 Å². The van der Waals surface area contributed by atoms with Gasteiger partial charge in [0.05, 0.1) is 6.61 Å². The summed E-state index contributed by atoms with van der Waals surface area (Å²) < 4.78 is 6.86. The Morgan fingerprint density at radius 1 is 1.35 bits per heavy atom. The maximum absolute atomic E-state index is 11.1. The number of nitrogens with zero attached hydrogens (tertiary/aromatic N) is 3. The molecule has 6 heteroatoms. The van der Waals surface area contributed by atoms with Gasteiger partial charge in [0.25, 0.3) is 0 Å². The Bertz CT molecular complexity index is 590. The maximum Gasteiger partial charge on any atom is 0.343 e. The second-order valence-electron chi connectivity index (χ2n) is 4.41. The minimum atomic E-state index is -0.420. The Balaban J connectivity index is 2.36. The first-order chi connectivity index (χ1) is 9.63. The molecule has 0 fully saturated rings. The van der Waals surface area contributed by atoms with Crippen LogP contribution in [0.4, 0.5) is 5.82 Å². The number of hydrogen-bond donors (Lipinski definition) is 0. The summed E-state index contributed by atoms with van der Waals surface area (Å²) in [6.07, 6.45) is 1.29. The second kappa shape index (κ2) is 6.29. The fraction of sp³-hybridized carbons (Fsp3) is 0.357. The van der Waals surface area contributed by atoms with E-state index in [1.54, 1.807) is 4.57 Å². The SMILES string of the molecule is CCOCCn1c([N+](=O)[O-])cnc1-c1ccc(C)cc1. The van der Waals surface area contributed by atoms with E-state index in [0.717, 1.165) is 11.1 Å². The van der Waals surface area contributed by atoms with Crippen LogP contribution in [0, 0.1) is 17.0 Å². The van der Waals surface area contributed by atoms with Gasteiger partial charge < -0.3 is 14.9 Å². The molecule has 2 rings (SSSR count). The van der Waals surface area contributed by atoms with Gasteiger partial charge in [-0.1, -0.05) is 17.7 Å². The van der Waals surface area contributed by atoms with Crippen molar-refractivity contribution in [2.24, 2.45) is 0 Å². The van der Waals surface area contributed by atoms with E-state index in [1.807, 2.05) is 38.1 Å². The quantitative estimate of drug-likeness (QED) is 0.462. The standard InChI is InChI=1S/C14H17N3O3/c1-3-20-9-8-16-13(17(18)19)10-15-14(16)12-6-4-11(2)5-7-12/h4-7,10H,3,8-9H2,1-2H3. The molecule has 0 aliphatic carbocycles. The zero-order valence-corrected chi connectivity index (χ0v) is 11.6. The number of aryl methyl sites for hydroxylation is 1. The normalized spacial score (nSPS) is 10.7. The topological polar surface area (TPSA) is 70.2 Å². The van der Waals surface area contributed by atoms with Crippen molar-refractivity contribution < 1.29 is 9.66 Å². The van der Waals surface area contributed by atoms with Crippen LogP contribution in [0.15, 0.2) is 30.5 Å². The van der Waals surface area contributed by atoms with E-state index in [2.05, 4.69) is 4.98 Å². The predicted octanol–water partition coefficient (Wildman–Crippen LogP) is 2.80. The maximum atomic E-state index is 11.1. The minimum absolute atomic E-state index is 0.0136. The summed E-state index contributed by atoms with van der Waals surface area (Å²) in [5.41, 5.74) is 2.00. The molecule has 2 aromatic rings. The molecule has 0 saturated heterocycles. The third kappa shape index (κ3) is 3.03. The molecule has 0 radical (unpaired) electrons. The van der Waals surface area contributed by atoms with E-state index >= 15 is 0 Å². The summed E-state index contributed by atoms with van der Waals surface area (Å²) in [4.78, 5) is 14.8. The largest absolute Gasteiger partial charge is 0.378 e. The van der Waals surface area contributed by atoms with Gasteiger partial charge in [0.1, 0.15) is 12.7 Å². The van der Waals surface area contributed by atoms with Crippen molar-refractivity contribution >= 4 is 5.82 Å². The van der Waals surface area contributed by atoms with Crippen LogP contribution in [0.25, 0.3) is 11.4 Å². The van der Waals surface area contributed by atoms with Crippen molar-refractivity contribution in [2.75, 3.05) is 13.2 Å². The summed E-state index contributed by atoms with van der Waals surface area (Å²) in [5.74, 6) is 0.580. The van der Waals surface area contributed by atoms with Crippen molar-refractivity contribution in [3.63, 3.8) is 0 Å². The molecular weight excluding hydrogens is 258 g/mol. The molecule has 0 aliphatic heterocycles. The van der Waals surface area contributed by atoms with E-state index in [4.69, 9.17) is 4.74 Å². The molecule has 0 atom stereocenters. The molecular formula is C14H17N3O3. The Hall–Kier alpha value is -2.21. The van der Waals surface area contributed by atoms with Gasteiger partial charge in [0.2, 0.25) is 5.82 Å². The van der Waals surface area contributed by atoms with E-state index < -0.39 is 4.92 Å². The fourth-order valence-corrected chi connectivity index (χ4v) is 1.97. The van der Waals surface area contributed by atoms with Crippen molar-refractivity contribution in [1.82, 2.24) is 9.55 Å². The van der Waals surface area contributed by atoms with Gasteiger partial charge in [0.15, 0.2) is 0 Å². The average molecular weight is 275 g/mol. The molecule has 1 aromatic carbocycles. The first kappa shape index (κ1) is 14.2. The van der Waals surface area contributed by atoms with Crippen LogP contribution in [0.5, 0.6) is 0 Å². The second-order valence-corrected chi connectivity index (χ2v) is 4.41. The molecule has 0 aliphatic rings. The fourth-order valence-electron chi connectivity index (χ4n) is 1.97. The first-order valence-electron chi connectivity index (χ1n) is 6.48. The van der Waals surface area contributed by atoms with Gasteiger partial charge >= 0.3 is 5.82 Å². The molecule has 1 heterocycles. The summed E-state index contributed by atoms with van der Waals surface area (Å²) in [5, 5.41) is 11.1. The summed E-state index contributed by atoms with van der Waals surface area (Å²) >= 11 is 0. The summed E-state index contributed by atoms with van der Waals surface area (Å²) in [6.45, 7) is 5.30. The number of benzene rings is 1. The van der Waals surface area contributed by atoms with Crippen LogP contribution in [0.1, 0.15) is 12.5 Å². The van der Waals surface area contributed by atoms with Crippen LogP contribution in [0.3, 0.4) is 0 Å². The van der Waals surface area contributed by atoms with Crippen LogP contribution < -0.4 is 0 Å². The summed E-state index contributed by atoms with van der Waals surface area (Å²) in [6, 6.07) is 7.75. The highest BCUT2D eigenvalue weighted by Gasteiger charge is 2.21. The van der Waals surface area contributed by atoms with Crippen LogP contribution in [-0.2, 0) is 11.3 Å². The highest BCUT2D eigenvalue weighted by atomic mass is 16.6. The van der Waals surface area contributed by atoms with Gasteiger partial charge in [-0.15, -0.1) is 0 Å². The Morgan fingerprint density at radius 2 is 2.05 bits per heavy atom. The van der Waals surface area contributed by atoms with E-state index in [0.29, 0.717) is 25.6 Å². The molecule has 0 spiro atoms. The number of ether oxygens (including phenoxy) is 1. The van der Waals surface area contributed by atoms with Crippen LogP contribution in [0.2, 0.25) is 0 Å². The lowest BCUT2D eigenvalue weighted by Crippen LogP contribution is -2.10. The van der Waals surface area contributed by atoms with Gasteiger partial charge in [-0.3, -0.25) is 0 Å². The molecule has 0 amide bonds. The lowest BCUT2D eigenvalue weighted by molar-refractivity contribution is -0.392. The number of imidazole rings is 1. The number of rotatable bonds is 6. The molecule has 0 saturated carbocycles. The smallest absolute Gasteiger partial charge is 0.343 e. The molecule has 1 aromatic heterocycles. The van der Waals surface area contributed by atoms with Crippen molar-refractivity contribution in [1.29, 1.82) is 0 Å². The Kier molecular flexibility index (Phi) is 4.47.